The number of nitrogens with one attached hydrogen (secondary N) is 1. The van der Waals surface area contributed by atoms with E-state index >= 15 is 0 Å². The smallest absolute Gasteiger partial charge is 0.372 e. The Balaban J connectivity index is 3.07. The number of methoxy groups -OCH3 is 1. The molecule has 0 aliphatic heterocycles. The standard InChI is InChI=1S/C12H11F3N2O2/c1-7(19-2)11(18)17-9-4-3-8(6-16)10(5-9)12(13,14)15/h3-5,7H,1-2H3,(H,17,18). The number of rotatable bonds is 3. The Labute approximate surface area is 107 Å². The van der Waals surface area contributed by atoms with Crippen molar-refractivity contribution in [1.29, 1.82) is 5.26 Å². The highest BCUT2D eigenvalue weighted by atomic mass is 19.4. The third kappa shape index (κ3) is 3.69. The molecule has 0 saturated heterocycles. The van der Waals surface area contributed by atoms with Crippen LogP contribution in [0.4, 0.5) is 18.9 Å². The van der Waals surface area contributed by atoms with Crippen molar-refractivity contribution in [3.8, 4) is 6.07 Å². The van der Waals surface area contributed by atoms with E-state index in [2.05, 4.69) is 5.32 Å². The number of anilines is 1. The first-order valence-corrected chi connectivity index (χ1v) is 5.24. The van der Waals surface area contributed by atoms with Crippen LogP contribution in [0, 0.1) is 11.3 Å². The molecule has 1 aromatic rings. The van der Waals surface area contributed by atoms with Gasteiger partial charge < -0.3 is 10.1 Å². The van der Waals surface area contributed by atoms with Gasteiger partial charge in [-0.1, -0.05) is 0 Å². The van der Waals surface area contributed by atoms with E-state index in [1.165, 1.54) is 26.2 Å². The second kappa shape index (κ2) is 5.71. The van der Waals surface area contributed by atoms with Crippen LogP contribution < -0.4 is 5.32 Å². The van der Waals surface area contributed by atoms with Gasteiger partial charge in [-0.3, -0.25) is 4.79 Å². The second-order valence-electron chi connectivity index (χ2n) is 3.74. The van der Waals surface area contributed by atoms with E-state index in [-0.39, 0.29) is 5.69 Å². The third-order valence-corrected chi connectivity index (χ3v) is 2.44. The van der Waals surface area contributed by atoms with Crippen molar-refractivity contribution >= 4 is 11.6 Å². The van der Waals surface area contributed by atoms with Crippen LogP contribution in [0.3, 0.4) is 0 Å². The number of ether oxygens (including phenoxy) is 1. The average Bonchev–Trinajstić information content (AvgIpc) is 2.36. The summed E-state index contributed by atoms with van der Waals surface area (Å²) in [6.07, 6.45) is -5.44. The molecule has 102 valence electrons. The lowest BCUT2D eigenvalue weighted by atomic mass is 10.1. The molecule has 1 N–H and O–H groups in total. The number of nitrogens with zero attached hydrogens (tertiary/aromatic N) is 1. The van der Waals surface area contributed by atoms with Crippen LogP contribution in [-0.4, -0.2) is 19.1 Å². The summed E-state index contributed by atoms with van der Waals surface area (Å²) in [7, 11) is 1.31. The molecule has 1 atom stereocenters. The number of hydrogen-bond donors (Lipinski definition) is 1. The summed E-state index contributed by atoms with van der Waals surface area (Å²) in [5, 5.41) is 10.9. The molecule has 7 heteroatoms. The maximum absolute atomic E-state index is 12.7. The Kier molecular flexibility index (Phi) is 4.51. The fourth-order valence-electron chi connectivity index (χ4n) is 1.30. The fraction of sp³-hybridized carbons (Fsp3) is 0.333. The summed E-state index contributed by atoms with van der Waals surface area (Å²) in [6, 6.07) is 4.42. The first-order chi connectivity index (χ1) is 8.79. The van der Waals surface area contributed by atoms with Crippen molar-refractivity contribution in [2.75, 3.05) is 12.4 Å². The molecular formula is C12H11F3N2O2. The van der Waals surface area contributed by atoms with Gasteiger partial charge in [-0.2, -0.15) is 18.4 Å². The van der Waals surface area contributed by atoms with Gasteiger partial charge in [0.1, 0.15) is 6.10 Å². The van der Waals surface area contributed by atoms with Crippen LogP contribution in [0.5, 0.6) is 0 Å². The first kappa shape index (κ1) is 15.0. The Bertz CT molecular complexity index is 521. The number of amides is 1. The molecule has 0 radical (unpaired) electrons. The number of halogens is 3. The lowest BCUT2D eigenvalue weighted by Gasteiger charge is -2.13. The van der Waals surface area contributed by atoms with Gasteiger partial charge in [-0.25, -0.2) is 0 Å². The Morgan fingerprint density at radius 2 is 2.11 bits per heavy atom. The number of carbonyl (C=O) groups is 1. The highest BCUT2D eigenvalue weighted by Crippen LogP contribution is 2.33. The van der Waals surface area contributed by atoms with E-state index in [4.69, 9.17) is 10.00 Å². The predicted molar refractivity (Wildman–Crippen MR) is 61.3 cm³/mol. The van der Waals surface area contributed by atoms with Crippen molar-refractivity contribution in [1.82, 2.24) is 0 Å². The summed E-state index contributed by atoms with van der Waals surface area (Å²) in [6.45, 7) is 1.46. The van der Waals surface area contributed by atoms with Gasteiger partial charge in [0.25, 0.3) is 5.91 Å². The van der Waals surface area contributed by atoms with E-state index in [1.807, 2.05) is 0 Å². The van der Waals surface area contributed by atoms with E-state index in [1.54, 1.807) is 0 Å². The maximum Gasteiger partial charge on any atom is 0.417 e. The average molecular weight is 272 g/mol. The summed E-state index contributed by atoms with van der Waals surface area (Å²) >= 11 is 0. The first-order valence-electron chi connectivity index (χ1n) is 5.24. The van der Waals surface area contributed by atoms with Crippen LogP contribution in [0.15, 0.2) is 18.2 Å². The molecule has 1 aromatic carbocycles. The molecule has 0 aliphatic rings. The summed E-state index contributed by atoms with van der Waals surface area (Å²) in [5.74, 6) is -0.569. The lowest BCUT2D eigenvalue weighted by Crippen LogP contribution is -2.26. The van der Waals surface area contributed by atoms with Crippen LogP contribution >= 0.6 is 0 Å². The second-order valence-corrected chi connectivity index (χ2v) is 3.74. The minimum absolute atomic E-state index is 0.0415. The summed E-state index contributed by atoms with van der Waals surface area (Å²) < 4.78 is 42.8. The molecule has 0 fully saturated rings. The third-order valence-electron chi connectivity index (χ3n) is 2.44. The fourth-order valence-corrected chi connectivity index (χ4v) is 1.30. The topological polar surface area (TPSA) is 62.1 Å². The molecule has 4 nitrogen and oxygen atoms in total. The maximum atomic E-state index is 12.7. The Morgan fingerprint density at radius 1 is 1.47 bits per heavy atom. The van der Waals surface area contributed by atoms with Crippen molar-refractivity contribution < 1.29 is 22.7 Å². The SMILES string of the molecule is COC(C)C(=O)Nc1ccc(C#N)c(C(F)(F)F)c1. The highest BCUT2D eigenvalue weighted by Gasteiger charge is 2.34. The Hall–Kier alpha value is -2.07. The van der Waals surface area contributed by atoms with Gasteiger partial charge >= 0.3 is 6.18 Å². The van der Waals surface area contributed by atoms with Crippen molar-refractivity contribution in [2.45, 2.75) is 19.2 Å². The molecule has 1 rings (SSSR count). The van der Waals surface area contributed by atoms with E-state index in [0.29, 0.717) is 0 Å². The molecule has 0 spiro atoms. The number of nitriles is 1. The zero-order valence-electron chi connectivity index (χ0n) is 10.2. The Morgan fingerprint density at radius 3 is 2.58 bits per heavy atom. The van der Waals surface area contributed by atoms with Crippen LogP contribution in [0.1, 0.15) is 18.1 Å². The zero-order valence-corrected chi connectivity index (χ0v) is 10.2. The molecule has 1 amide bonds. The molecular weight excluding hydrogens is 261 g/mol. The van der Waals surface area contributed by atoms with E-state index in [9.17, 15) is 18.0 Å². The molecule has 1 unspecified atom stereocenters. The molecule has 0 bridgehead atoms. The zero-order chi connectivity index (χ0) is 14.6. The van der Waals surface area contributed by atoms with Gasteiger partial charge in [0.15, 0.2) is 0 Å². The minimum Gasteiger partial charge on any atom is -0.372 e. The number of benzene rings is 1. The minimum atomic E-state index is -4.65. The highest BCUT2D eigenvalue weighted by molar-refractivity contribution is 5.94. The van der Waals surface area contributed by atoms with Gasteiger partial charge in [-0.05, 0) is 25.1 Å². The predicted octanol–water partition coefficient (Wildman–Crippen LogP) is 2.55. The van der Waals surface area contributed by atoms with Crippen molar-refractivity contribution in [3.05, 3.63) is 29.3 Å². The largest absolute Gasteiger partial charge is 0.417 e. The number of carbonyl (C=O) groups excluding carboxylic acids is 1. The monoisotopic (exact) mass is 272 g/mol. The number of hydrogen-bond acceptors (Lipinski definition) is 3. The lowest BCUT2D eigenvalue weighted by molar-refractivity contribution is -0.137. The van der Waals surface area contributed by atoms with Gasteiger partial charge in [0.2, 0.25) is 0 Å². The van der Waals surface area contributed by atoms with Gasteiger partial charge in [0.05, 0.1) is 17.2 Å². The summed E-state index contributed by atoms with van der Waals surface area (Å²) in [4.78, 5) is 11.5. The van der Waals surface area contributed by atoms with Crippen molar-refractivity contribution in [3.63, 3.8) is 0 Å². The molecule has 0 saturated carbocycles. The van der Waals surface area contributed by atoms with Crippen molar-refractivity contribution in [2.24, 2.45) is 0 Å². The van der Waals surface area contributed by atoms with Gasteiger partial charge in [0, 0.05) is 12.8 Å². The van der Waals surface area contributed by atoms with Crippen LogP contribution in [0.25, 0.3) is 0 Å². The molecule has 0 heterocycles. The quantitative estimate of drug-likeness (QED) is 0.919. The molecule has 0 aromatic heterocycles. The molecule has 19 heavy (non-hydrogen) atoms. The van der Waals surface area contributed by atoms with E-state index in [0.717, 1.165) is 12.1 Å². The normalized spacial score (nSPS) is 12.6. The number of alkyl halides is 3. The van der Waals surface area contributed by atoms with Crippen LogP contribution in [-0.2, 0) is 15.7 Å². The molecule has 0 aliphatic carbocycles. The van der Waals surface area contributed by atoms with Crippen LogP contribution in [0.2, 0.25) is 0 Å². The van der Waals surface area contributed by atoms with E-state index < -0.39 is 29.3 Å². The van der Waals surface area contributed by atoms with Gasteiger partial charge in [-0.15, -0.1) is 0 Å². The summed E-state index contributed by atoms with van der Waals surface area (Å²) in [5.41, 5.74) is -1.62.